The van der Waals surface area contributed by atoms with E-state index in [2.05, 4.69) is 20.2 Å². The van der Waals surface area contributed by atoms with Gasteiger partial charge in [-0.1, -0.05) is 0 Å². The molecule has 1 amide bonds. The Labute approximate surface area is 201 Å². The number of piperazine rings is 1. The third-order valence-electron chi connectivity index (χ3n) is 6.80. The number of aryl methyl sites for hydroxylation is 1. The van der Waals surface area contributed by atoms with Gasteiger partial charge < -0.3 is 25.0 Å². The van der Waals surface area contributed by atoms with Crippen molar-refractivity contribution in [2.45, 2.75) is 25.4 Å². The van der Waals surface area contributed by atoms with Crippen LogP contribution in [-0.4, -0.2) is 68.1 Å². The van der Waals surface area contributed by atoms with Crippen molar-refractivity contribution in [2.24, 2.45) is 0 Å². The molecule has 2 fully saturated rings. The third-order valence-corrected chi connectivity index (χ3v) is 6.80. The predicted molar refractivity (Wildman–Crippen MR) is 132 cm³/mol. The predicted octanol–water partition coefficient (Wildman–Crippen LogP) is 3.82. The van der Waals surface area contributed by atoms with Gasteiger partial charge >= 0.3 is 6.09 Å². The molecule has 10 nitrogen and oxygen atoms in total. The Morgan fingerprint density at radius 1 is 1.09 bits per heavy atom. The number of anilines is 3. The second-order valence-corrected chi connectivity index (χ2v) is 8.99. The molecular formula is C25H25N7O3. The molecule has 0 aliphatic carbocycles. The van der Waals surface area contributed by atoms with E-state index < -0.39 is 6.09 Å². The first kappa shape index (κ1) is 21.2. The quantitative estimate of drug-likeness (QED) is 0.452. The van der Waals surface area contributed by atoms with Crippen LogP contribution in [0.5, 0.6) is 5.75 Å². The van der Waals surface area contributed by atoms with Crippen LogP contribution >= 0.6 is 0 Å². The van der Waals surface area contributed by atoms with Crippen molar-refractivity contribution in [1.82, 2.24) is 24.6 Å². The van der Waals surface area contributed by atoms with Gasteiger partial charge in [0.2, 0.25) is 0 Å². The summed E-state index contributed by atoms with van der Waals surface area (Å²) in [6, 6.07) is 13.9. The first-order valence-corrected chi connectivity index (χ1v) is 11.5. The fraction of sp³-hybridized carbons (Fsp3) is 0.280. The van der Waals surface area contributed by atoms with E-state index in [-0.39, 0.29) is 12.1 Å². The van der Waals surface area contributed by atoms with Crippen molar-refractivity contribution >= 4 is 34.4 Å². The Morgan fingerprint density at radius 2 is 1.94 bits per heavy atom. The molecule has 1 aromatic carbocycles. The molecule has 0 radical (unpaired) electrons. The second kappa shape index (κ2) is 8.15. The minimum absolute atomic E-state index is 0.00961. The van der Waals surface area contributed by atoms with Crippen LogP contribution in [0.25, 0.3) is 16.6 Å². The van der Waals surface area contributed by atoms with E-state index in [1.54, 1.807) is 19.5 Å². The monoisotopic (exact) mass is 471 g/mol. The fourth-order valence-electron chi connectivity index (χ4n) is 5.11. The number of carboxylic acid groups (broad SMARTS) is 1. The van der Waals surface area contributed by atoms with Crippen LogP contribution in [0.3, 0.4) is 0 Å². The van der Waals surface area contributed by atoms with Crippen LogP contribution in [-0.2, 0) is 0 Å². The molecule has 3 aromatic heterocycles. The van der Waals surface area contributed by atoms with Crippen LogP contribution in [0.2, 0.25) is 0 Å². The van der Waals surface area contributed by atoms with Crippen molar-refractivity contribution in [2.75, 3.05) is 30.4 Å². The van der Waals surface area contributed by atoms with Crippen LogP contribution in [0.4, 0.5) is 22.2 Å². The van der Waals surface area contributed by atoms with Gasteiger partial charge in [0.15, 0.2) is 5.82 Å². The number of nitrogens with zero attached hydrogens (tertiary/aromatic N) is 6. The maximum atomic E-state index is 11.5. The lowest BCUT2D eigenvalue weighted by Crippen LogP contribution is -2.48. The van der Waals surface area contributed by atoms with Crippen molar-refractivity contribution in [1.29, 1.82) is 0 Å². The summed E-state index contributed by atoms with van der Waals surface area (Å²) in [5.74, 6) is 2.97. The number of likely N-dealkylation sites (tertiary alicyclic amines) is 1. The highest BCUT2D eigenvalue weighted by molar-refractivity contribution is 5.93. The van der Waals surface area contributed by atoms with Gasteiger partial charge in [0, 0.05) is 43.0 Å². The number of aromatic nitrogens is 4. The normalized spacial score (nSPS) is 18.9. The molecule has 0 unspecified atom stereocenters. The Morgan fingerprint density at radius 3 is 2.69 bits per heavy atom. The minimum atomic E-state index is -0.848. The number of benzene rings is 1. The molecule has 10 heteroatoms. The van der Waals surface area contributed by atoms with Gasteiger partial charge in [0.25, 0.3) is 0 Å². The zero-order valence-electron chi connectivity index (χ0n) is 19.4. The molecule has 2 bridgehead atoms. The van der Waals surface area contributed by atoms with Crippen molar-refractivity contribution in [3.63, 3.8) is 0 Å². The molecule has 5 heterocycles. The van der Waals surface area contributed by atoms with Crippen molar-refractivity contribution in [3.8, 4) is 11.4 Å². The Kier molecular flexibility index (Phi) is 4.94. The van der Waals surface area contributed by atoms with E-state index in [4.69, 9.17) is 9.84 Å². The van der Waals surface area contributed by atoms with Crippen LogP contribution in [0, 0.1) is 6.92 Å². The molecule has 6 rings (SSSR count). The molecule has 2 aliphatic rings. The van der Waals surface area contributed by atoms with Gasteiger partial charge in [-0.3, -0.25) is 0 Å². The summed E-state index contributed by atoms with van der Waals surface area (Å²) in [5.41, 5.74) is 2.85. The third kappa shape index (κ3) is 3.67. The van der Waals surface area contributed by atoms with Crippen LogP contribution < -0.4 is 15.0 Å². The highest BCUT2D eigenvalue weighted by Crippen LogP contribution is 2.35. The number of methoxy groups -OCH3 is 1. The number of hydrogen-bond acceptors (Lipinski definition) is 7. The molecule has 2 N–H and O–H groups in total. The first-order chi connectivity index (χ1) is 17.0. The number of rotatable bonds is 5. The molecule has 178 valence electrons. The number of nitrogens with one attached hydrogen (secondary N) is 1. The van der Waals surface area contributed by atoms with E-state index in [1.165, 1.54) is 4.90 Å². The van der Waals surface area contributed by atoms with Gasteiger partial charge in [0.05, 0.1) is 30.4 Å². The second-order valence-electron chi connectivity index (χ2n) is 8.99. The molecule has 4 aromatic rings. The molecule has 2 atom stereocenters. The smallest absolute Gasteiger partial charge is 0.407 e. The van der Waals surface area contributed by atoms with E-state index >= 15 is 0 Å². The summed E-state index contributed by atoms with van der Waals surface area (Å²) in [4.78, 5) is 24.2. The average Bonchev–Trinajstić information content (AvgIpc) is 3.57. The van der Waals surface area contributed by atoms with Gasteiger partial charge in [-0.15, -0.1) is 5.10 Å². The number of carbonyl (C=O) groups is 1. The summed E-state index contributed by atoms with van der Waals surface area (Å²) >= 11 is 0. The van der Waals surface area contributed by atoms with Crippen molar-refractivity contribution < 1.29 is 14.6 Å². The van der Waals surface area contributed by atoms with Crippen molar-refractivity contribution in [3.05, 3.63) is 60.4 Å². The fourth-order valence-corrected chi connectivity index (χ4v) is 5.11. The van der Waals surface area contributed by atoms with Crippen LogP contribution in [0.15, 0.2) is 54.9 Å². The minimum Gasteiger partial charge on any atom is -0.497 e. The van der Waals surface area contributed by atoms with Gasteiger partial charge in [-0.25, -0.2) is 19.4 Å². The largest absolute Gasteiger partial charge is 0.497 e. The SMILES string of the molecule is COc1ccc2c(Nc3cc(C)ccn3)nn(-c3ccnc(N4C[C@@H]5C[C@H]4CN5C(=O)O)c3)c2c1. The number of pyridine rings is 2. The number of hydrogen-bond donors (Lipinski definition) is 2. The summed E-state index contributed by atoms with van der Waals surface area (Å²) in [6.07, 6.45) is 3.52. The molecule has 2 aliphatic heterocycles. The summed E-state index contributed by atoms with van der Waals surface area (Å²) in [6.45, 7) is 3.17. The number of fused-ring (bicyclic) bond motifs is 3. The van der Waals surface area contributed by atoms with E-state index in [9.17, 15) is 9.90 Å². The number of ether oxygens (including phenoxy) is 1. The molecule has 2 saturated heterocycles. The van der Waals surface area contributed by atoms with Gasteiger partial charge in [-0.2, -0.15) is 0 Å². The highest BCUT2D eigenvalue weighted by atomic mass is 16.5. The zero-order valence-corrected chi connectivity index (χ0v) is 19.4. The van der Waals surface area contributed by atoms with E-state index in [0.29, 0.717) is 18.9 Å². The van der Waals surface area contributed by atoms with Crippen LogP contribution in [0.1, 0.15) is 12.0 Å². The average molecular weight is 472 g/mol. The Balaban J connectivity index is 1.38. The van der Waals surface area contributed by atoms with Gasteiger partial charge in [0.1, 0.15) is 17.4 Å². The summed E-state index contributed by atoms with van der Waals surface area (Å²) in [5, 5.41) is 18.6. The highest BCUT2D eigenvalue weighted by Gasteiger charge is 2.45. The number of amides is 1. The van der Waals surface area contributed by atoms with E-state index in [1.807, 2.05) is 54.1 Å². The molecule has 0 saturated carbocycles. The summed E-state index contributed by atoms with van der Waals surface area (Å²) < 4.78 is 7.35. The molecular weight excluding hydrogens is 446 g/mol. The lowest BCUT2D eigenvalue weighted by atomic mass is 10.2. The Hall–Kier alpha value is -4.34. The maximum absolute atomic E-state index is 11.5. The molecule has 35 heavy (non-hydrogen) atoms. The topological polar surface area (TPSA) is 109 Å². The Bertz CT molecular complexity index is 1440. The van der Waals surface area contributed by atoms with Gasteiger partial charge in [-0.05, 0) is 49.2 Å². The zero-order chi connectivity index (χ0) is 24.1. The first-order valence-electron chi connectivity index (χ1n) is 11.5. The lowest BCUT2D eigenvalue weighted by molar-refractivity contribution is 0.137. The lowest BCUT2D eigenvalue weighted by Gasteiger charge is -2.33. The standard InChI is InChI=1S/C25H25N7O3/c1-15-5-7-26-22(9-15)28-24-20-4-3-19(35-2)12-21(20)32(29-24)16-6-8-27-23(11-16)30-13-18-10-17(30)14-31(18)25(33)34/h3-9,11-12,17-18H,10,13-14H2,1-2H3,(H,33,34)(H,26,28,29)/t17-,18-/m0/s1. The molecule has 0 spiro atoms. The summed E-state index contributed by atoms with van der Waals surface area (Å²) in [7, 11) is 1.64. The maximum Gasteiger partial charge on any atom is 0.407 e. The van der Waals surface area contributed by atoms with E-state index in [0.717, 1.165) is 46.0 Å².